The van der Waals surface area contributed by atoms with E-state index >= 15 is 0 Å². The van der Waals surface area contributed by atoms with Crippen molar-refractivity contribution in [3.63, 3.8) is 0 Å². The Morgan fingerprint density at radius 3 is 2.54 bits per heavy atom. The van der Waals surface area contributed by atoms with Crippen LogP contribution in [0.4, 0.5) is 18.0 Å². The SMILES string of the molecule is O=C(N1CC(CNS(=O)(=O)c2cccc(C(F)(F)F)c2)C1)N1CC2(CC(c3nc(C4(O)CC4)n[nH]3)C2)C1. The third-order valence-electron chi connectivity index (χ3n) is 7.97. The lowest BCUT2D eigenvalue weighted by Gasteiger charge is -2.59. The Balaban J connectivity index is 0.936. The summed E-state index contributed by atoms with van der Waals surface area (Å²) in [7, 11) is -4.09. The van der Waals surface area contributed by atoms with Gasteiger partial charge in [0.2, 0.25) is 10.0 Å². The van der Waals surface area contributed by atoms with Crippen LogP contribution in [0.15, 0.2) is 29.2 Å². The number of aliphatic hydroxyl groups is 1. The second-order valence-electron chi connectivity index (χ2n) is 11.0. The molecular formula is C23H27F3N6O4S. The van der Waals surface area contributed by atoms with Crippen molar-refractivity contribution in [3.05, 3.63) is 41.5 Å². The number of nitrogens with one attached hydrogen (secondary N) is 2. The van der Waals surface area contributed by atoms with Crippen molar-refractivity contribution in [3.8, 4) is 0 Å². The zero-order valence-corrected chi connectivity index (χ0v) is 20.6. The highest BCUT2D eigenvalue weighted by atomic mass is 32.2. The van der Waals surface area contributed by atoms with Gasteiger partial charge in [0.1, 0.15) is 11.4 Å². The van der Waals surface area contributed by atoms with Crippen LogP contribution in [0.25, 0.3) is 0 Å². The number of alkyl halides is 3. The maximum atomic E-state index is 12.9. The van der Waals surface area contributed by atoms with E-state index in [-0.39, 0.29) is 29.8 Å². The van der Waals surface area contributed by atoms with Crippen molar-refractivity contribution in [2.24, 2.45) is 11.3 Å². The molecule has 0 bridgehead atoms. The Bertz CT molecular complexity index is 1320. The number of rotatable bonds is 6. The number of aromatic nitrogens is 3. The maximum Gasteiger partial charge on any atom is 0.416 e. The first kappa shape index (κ1) is 24.6. The summed E-state index contributed by atoms with van der Waals surface area (Å²) in [5.41, 5.74) is -1.79. The normalized spacial score (nSPS) is 22.9. The second kappa shape index (κ2) is 8.14. The first-order chi connectivity index (χ1) is 17.4. The van der Waals surface area contributed by atoms with Crippen LogP contribution >= 0.6 is 0 Å². The molecule has 2 saturated carbocycles. The Labute approximate surface area is 211 Å². The van der Waals surface area contributed by atoms with Crippen molar-refractivity contribution in [2.45, 2.75) is 48.3 Å². The lowest BCUT2D eigenvalue weighted by molar-refractivity contribution is -0.137. The average Bonchev–Trinajstić information content (AvgIpc) is 3.31. The summed E-state index contributed by atoms with van der Waals surface area (Å²) in [5.74, 6) is 1.41. The van der Waals surface area contributed by atoms with Crippen molar-refractivity contribution >= 4 is 16.1 Å². The minimum Gasteiger partial charge on any atom is -0.382 e. The van der Waals surface area contributed by atoms with Crippen molar-refractivity contribution < 1.29 is 31.5 Å². The summed E-state index contributed by atoms with van der Waals surface area (Å²) >= 11 is 0. The molecule has 200 valence electrons. The van der Waals surface area contributed by atoms with Gasteiger partial charge in [-0.05, 0) is 43.9 Å². The van der Waals surface area contributed by atoms with Crippen molar-refractivity contribution in [2.75, 3.05) is 32.7 Å². The fraction of sp³-hybridized carbons (Fsp3) is 0.609. The molecule has 2 saturated heterocycles. The summed E-state index contributed by atoms with van der Waals surface area (Å²) < 4.78 is 65.9. The number of likely N-dealkylation sites (tertiary alicyclic amines) is 2. The highest BCUT2D eigenvalue weighted by Crippen LogP contribution is 2.56. The second-order valence-corrected chi connectivity index (χ2v) is 12.7. The molecule has 2 aliphatic heterocycles. The van der Waals surface area contributed by atoms with E-state index in [4.69, 9.17) is 0 Å². The standard InChI is InChI=1S/C23H27F3N6O4S/c24-23(25,26)16-2-1-3-17(6-16)37(35,36)27-9-14-10-31(11-14)20(33)32-12-21(13-32)7-15(8-21)18-28-19(30-29-18)22(34)4-5-22/h1-3,6,14-15,27,34H,4-5,7-13H2,(H,28,29,30). The molecule has 4 fully saturated rings. The number of H-pyrrole nitrogens is 1. The van der Waals surface area contributed by atoms with Gasteiger partial charge >= 0.3 is 12.2 Å². The van der Waals surface area contributed by atoms with Gasteiger partial charge in [0.25, 0.3) is 0 Å². The van der Waals surface area contributed by atoms with E-state index in [2.05, 4.69) is 19.9 Å². The molecule has 2 aromatic rings. The monoisotopic (exact) mass is 540 g/mol. The van der Waals surface area contributed by atoms with Gasteiger partial charge in [-0.3, -0.25) is 5.10 Å². The van der Waals surface area contributed by atoms with Crippen LogP contribution < -0.4 is 4.72 Å². The predicted molar refractivity (Wildman–Crippen MR) is 123 cm³/mol. The van der Waals surface area contributed by atoms with Gasteiger partial charge in [-0.1, -0.05) is 6.07 Å². The zero-order valence-electron chi connectivity index (χ0n) is 19.8. The average molecular weight is 541 g/mol. The number of aromatic amines is 1. The number of carbonyl (C=O) groups excluding carboxylic acids is 1. The van der Waals surface area contributed by atoms with E-state index in [0.29, 0.717) is 50.9 Å². The first-order valence-corrected chi connectivity index (χ1v) is 13.7. The highest BCUT2D eigenvalue weighted by Gasteiger charge is 2.56. The van der Waals surface area contributed by atoms with Gasteiger partial charge in [0, 0.05) is 50.0 Å². The molecule has 2 amide bonds. The molecule has 0 unspecified atom stereocenters. The van der Waals surface area contributed by atoms with Crippen molar-refractivity contribution in [1.29, 1.82) is 0 Å². The van der Waals surface area contributed by atoms with Gasteiger partial charge in [0.15, 0.2) is 5.82 Å². The lowest BCUT2D eigenvalue weighted by atomic mass is 9.57. The molecule has 37 heavy (non-hydrogen) atoms. The Morgan fingerprint density at radius 1 is 1.19 bits per heavy atom. The van der Waals surface area contributed by atoms with Crippen LogP contribution in [0.5, 0.6) is 0 Å². The minimum atomic E-state index is -4.63. The summed E-state index contributed by atoms with van der Waals surface area (Å²) in [5, 5.41) is 17.2. The van der Waals surface area contributed by atoms with Gasteiger partial charge < -0.3 is 14.9 Å². The van der Waals surface area contributed by atoms with E-state index in [1.165, 1.54) is 0 Å². The number of carbonyl (C=O) groups is 1. The fourth-order valence-corrected chi connectivity index (χ4v) is 6.71. The molecule has 0 atom stereocenters. The third-order valence-corrected chi connectivity index (χ3v) is 9.39. The number of amides is 2. The zero-order chi connectivity index (χ0) is 26.2. The Kier molecular flexibility index (Phi) is 5.42. The number of halogens is 3. The van der Waals surface area contributed by atoms with Crippen molar-refractivity contribution in [1.82, 2.24) is 29.7 Å². The highest BCUT2D eigenvalue weighted by molar-refractivity contribution is 7.89. The number of hydrogen-bond donors (Lipinski definition) is 3. The fourth-order valence-electron chi connectivity index (χ4n) is 5.55. The van der Waals surface area contributed by atoms with Gasteiger partial charge in [0.05, 0.1) is 10.5 Å². The molecular weight excluding hydrogens is 513 g/mol. The quantitative estimate of drug-likeness (QED) is 0.514. The summed E-state index contributed by atoms with van der Waals surface area (Å²) in [6.45, 7) is 2.15. The Morgan fingerprint density at radius 2 is 1.89 bits per heavy atom. The molecule has 6 rings (SSSR count). The smallest absolute Gasteiger partial charge is 0.382 e. The van der Waals surface area contributed by atoms with E-state index in [0.717, 1.165) is 36.9 Å². The van der Waals surface area contributed by atoms with Gasteiger partial charge in [-0.15, -0.1) is 0 Å². The molecule has 1 aromatic heterocycles. The number of benzene rings is 1. The van der Waals surface area contributed by atoms with Crippen LogP contribution in [0, 0.1) is 11.3 Å². The number of sulfonamides is 1. The van der Waals surface area contributed by atoms with Crippen LogP contribution in [-0.4, -0.2) is 77.3 Å². The molecule has 3 heterocycles. The molecule has 14 heteroatoms. The molecule has 10 nitrogen and oxygen atoms in total. The summed E-state index contributed by atoms with van der Waals surface area (Å²) in [6, 6.07) is 3.54. The lowest BCUT2D eigenvalue weighted by Crippen LogP contribution is -2.67. The van der Waals surface area contributed by atoms with Crippen LogP contribution in [0.1, 0.15) is 48.8 Å². The van der Waals surface area contributed by atoms with Crippen LogP contribution in [0.2, 0.25) is 0 Å². The van der Waals surface area contributed by atoms with E-state index < -0.39 is 32.3 Å². The number of hydrogen-bond acceptors (Lipinski definition) is 6. The molecule has 0 radical (unpaired) electrons. The summed E-state index contributed by atoms with van der Waals surface area (Å²) in [4.78, 5) is 20.2. The van der Waals surface area contributed by atoms with Crippen LogP contribution in [0.3, 0.4) is 0 Å². The van der Waals surface area contributed by atoms with E-state index in [1.54, 1.807) is 9.80 Å². The number of urea groups is 1. The minimum absolute atomic E-state index is 0.0439. The predicted octanol–water partition coefficient (Wildman–Crippen LogP) is 2.01. The van der Waals surface area contributed by atoms with E-state index in [1.807, 2.05) is 0 Å². The molecule has 4 aliphatic rings. The topological polar surface area (TPSA) is 132 Å². The largest absolute Gasteiger partial charge is 0.416 e. The first-order valence-electron chi connectivity index (χ1n) is 12.2. The molecule has 3 N–H and O–H groups in total. The summed E-state index contributed by atoms with van der Waals surface area (Å²) in [6.07, 6.45) is -1.44. The van der Waals surface area contributed by atoms with Crippen LogP contribution in [-0.2, 0) is 21.8 Å². The van der Waals surface area contributed by atoms with E-state index in [9.17, 15) is 31.5 Å². The maximum absolute atomic E-state index is 12.9. The third kappa shape index (κ3) is 4.48. The number of nitrogens with zero attached hydrogens (tertiary/aromatic N) is 4. The molecule has 1 aromatic carbocycles. The molecule has 2 aliphatic carbocycles. The van der Waals surface area contributed by atoms with Gasteiger partial charge in [-0.25, -0.2) is 22.9 Å². The molecule has 1 spiro atoms. The Hall–Kier alpha value is -2.71. The van der Waals surface area contributed by atoms with Gasteiger partial charge in [-0.2, -0.15) is 18.3 Å².